The molecule has 0 heterocycles. The number of hydrogen-bond acceptors (Lipinski definition) is 3. The van der Waals surface area contributed by atoms with E-state index in [0.717, 1.165) is 5.56 Å². The predicted octanol–water partition coefficient (Wildman–Crippen LogP) is 2.62. The standard InChI is InChI=1S/C13H14ClNO3/c1-10(14)7-12(16)8-15-13(17)18-9-11-5-3-2-4-6-11/h2-6H,1,7-9H2,(H,15,17). The molecule has 0 atom stereocenters. The van der Waals surface area contributed by atoms with Crippen LogP contribution in [0.15, 0.2) is 41.9 Å². The molecule has 1 aromatic carbocycles. The van der Waals surface area contributed by atoms with Gasteiger partial charge in [0.25, 0.3) is 0 Å². The molecule has 0 aromatic heterocycles. The van der Waals surface area contributed by atoms with Crippen LogP contribution in [0.25, 0.3) is 0 Å². The number of halogens is 1. The van der Waals surface area contributed by atoms with Crippen LogP contribution >= 0.6 is 11.6 Å². The Morgan fingerprint density at radius 2 is 1.94 bits per heavy atom. The number of hydrogen-bond donors (Lipinski definition) is 1. The average molecular weight is 268 g/mol. The number of alkyl carbamates (subject to hydrolysis) is 1. The van der Waals surface area contributed by atoms with Crippen LogP contribution in [0.5, 0.6) is 0 Å². The molecular formula is C13H14ClNO3. The van der Waals surface area contributed by atoms with Crippen LogP contribution < -0.4 is 5.32 Å². The monoisotopic (exact) mass is 267 g/mol. The minimum Gasteiger partial charge on any atom is -0.445 e. The summed E-state index contributed by atoms with van der Waals surface area (Å²) in [6.45, 7) is 3.46. The van der Waals surface area contributed by atoms with Crippen molar-refractivity contribution in [3.8, 4) is 0 Å². The van der Waals surface area contributed by atoms with Crippen LogP contribution in [0.3, 0.4) is 0 Å². The van der Waals surface area contributed by atoms with E-state index in [1.54, 1.807) is 0 Å². The largest absolute Gasteiger partial charge is 0.445 e. The van der Waals surface area contributed by atoms with Gasteiger partial charge < -0.3 is 10.1 Å². The molecule has 1 amide bonds. The van der Waals surface area contributed by atoms with Gasteiger partial charge in [-0.15, -0.1) is 0 Å². The number of ether oxygens (including phenoxy) is 1. The smallest absolute Gasteiger partial charge is 0.407 e. The number of Topliss-reactive ketones (excluding diaryl/α,β-unsaturated/α-hetero) is 1. The summed E-state index contributed by atoms with van der Waals surface area (Å²) in [7, 11) is 0. The first kappa shape index (κ1) is 14.3. The van der Waals surface area contributed by atoms with E-state index < -0.39 is 6.09 Å². The third-order valence-corrected chi connectivity index (χ3v) is 2.17. The lowest BCUT2D eigenvalue weighted by Crippen LogP contribution is -2.29. The molecule has 0 saturated carbocycles. The first-order chi connectivity index (χ1) is 8.58. The lowest BCUT2D eigenvalue weighted by molar-refractivity contribution is -0.117. The second-order valence-corrected chi connectivity index (χ2v) is 4.18. The van der Waals surface area contributed by atoms with Gasteiger partial charge in [0.1, 0.15) is 6.61 Å². The summed E-state index contributed by atoms with van der Waals surface area (Å²) < 4.78 is 4.93. The average Bonchev–Trinajstić information content (AvgIpc) is 2.34. The summed E-state index contributed by atoms with van der Waals surface area (Å²) in [5.74, 6) is -0.216. The highest BCUT2D eigenvalue weighted by atomic mass is 35.5. The zero-order valence-corrected chi connectivity index (χ0v) is 10.6. The normalized spacial score (nSPS) is 9.61. The number of amides is 1. The Labute approximate surface area is 111 Å². The van der Waals surface area contributed by atoms with Gasteiger partial charge in [-0.05, 0) is 5.56 Å². The fraction of sp³-hybridized carbons (Fsp3) is 0.231. The molecule has 96 valence electrons. The van der Waals surface area contributed by atoms with Gasteiger partial charge in [0, 0.05) is 11.5 Å². The zero-order valence-electron chi connectivity index (χ0n) is 9.82. The molecule has 18 heavy (non-hydrogen) atoms. The minimum atomic E-state index is -0.632. The van der Waals surface area contributed by atoms with Gasteiger partial charge in [-0.2, -0.15) is 0 Å². The third kappa shape index (κ3) is 6.06. The number of allylic oxidation sites excluding steroid dienone is 1. The summed E-state index contributed by atoms with van der Waals surface area (Å²) in [4.78, 5) is 22.5. The Hall–Kier alpha value is -1.81. The van der Waals surface area contributed by atoms with Crippen molar-refractivity contribution in [1.29, 1.82) is 0 Å². The predicted molar refractivity (Wildman–Crippen MR) is 69.2 cm³/mol. The van der Waals surface area contributed by atoms with Gasteiger partial charge in [0.2, 0.25) is 0 Å². The van der Waals surface area contributed by atoms with E-state index >= 15 is 0 Å². The maximum absolute atomic E-state index is 11.3. The van der Waals surface area contributed by atoms with Crippen molar-refractivity contribution < 1.29 is 14.3 Å². The first-order valence-electron chi connectivity index (χ1n) is 5.37. The maximum atomic E-state index is 11.3. The Morgan fingerprint density at radius 1 is 1.28 bits per heavy atom. The molecule has 0 saturated heterocycles. The van der Waals surface area contributed by atoms with Gasteiger partial charge in [0.15, 0.2) is 5.78 Å². The molecule has 0 radical (unpaired) electrons. The number of rotatable bonds is 6. The minimum absolute atomic E-state index is 0.0422. The quantitative estimate of drug-likeness (QED) is 0.862. The number of carbonyl (C=O) groups excluding carboxylic acids is 2. The third-order valence-electron chi connectivity index (χ3n) is 2.03. The van der Waals surface area contributed by atoms with Crippen molar-refractivity contribution in [2.75, 3.05) is 6.54 Å². The second-order valence-electron chi connectivity index (χ2n) is 3.65. The van der Waals surface area contributed by atoms with Crippen molar-refractivity contribution in [3.63, 3.8) is 0 Å². The molecule has 0 unspecified atom stereocenters. The highest BCUT2D eigenvalue weighted by Crippen LogP contribution is 2.03. The van der Waals surface area contributed by atoms with E-state index in [0.29, 0.717) is 0 Å². The Balaban J connectivity index is 2.22. The number of benzene rings is 1. The van der Waals surface area contributed by atoms with Crippen LogP contribution in [0.2, 0.25) is 0 Å². The molecule has 0 fully saturated rings. The van der Waals surface area contributed by atoms with Crippen LogP contribution in [0.1, 0.15) is 12.0 Å². The van der Waals surface area contributed by atoms with Crippen molar-refractivity contribution in [1.82, 2.24) is 5.32 Å². The second kappa shape index (κ2) is 7.50. The molecule has 5 heteroatoms. The van der Waals surface area contributed by atoms with E-state index in [2.05, 4.69) is 11.9 Å². The molecule has 1 rings (SSSR count). The number of carbonyl (C=O) groups is 2. The van der Waals surface area contributed by atoms with Crippen LogP contribution in [0.4, 0.5) is 4.79 Å². The van der Waals surface area contributed by atoms with E-state index in [1.165, 1.54) is 0 Å². The molecule has 0 aliphatic heterocycles. The van der Waals surface area contributed by atoms with Crippen molar-refractivity contribution in [3.05, 3.63) is 47.5 Å². The van der Waals surface area contributed by atoms with Gasteiger partial charge in [-0.3, -0.25) is 4.79 Å². The zero-order chi connectivity index (χ0) is 13.4. The molecule has 4 nitrogen and oxygen atoms in total. The van der Waals surface area contributed by atoms with Gasteiger partial charge in [-0.1, -0.05) is 48.5 Å². The summed E-state index contributed by atoms with van der Waals surface area (Å²) in [6, 6.07) is 9.27. The Morgan fingerprint density at radius 3 is 2.56 bits per heavy atom. The van der Waals surface area contributed by atoms with Crippen LogP contribution in [0, 0.1) is 0 Å². The Kier molecular flexibility index (Phi) is 5.94. The van der Waals surface area contributed by atoms with Crippen LogP contribution in [-0.4, -0.2) is 18.4 Å². The topological polar surface area (TPSA) is 55.4 Å². The maximum Gasteiger partial charge on any atom is 0.407 e. The highest BCUT2D eigenvalue weighted by Gasteiger charge is 2.07. The molecule has 0 aliphatic carbocycles. The fourth-order valence-corrected chi connectivity index (χ4v) is 1.37. The Bertz CT molecular complexity index is 431. The van der Waals surface area contributed by atoms with Crippen molar-refractivity contribution >= 4 is 23.5 Å². The molecule has 0 spiro atoms. The number of nitrogens with one attached hydrogen (secondary N) is 1. The SMILES string of the molecule is C=C(Cl)CC(=O)CNC(=O)OCc1ccccc1. The molecule has 1 aromatic rings. The lowest BCUT2D eigenvalue weighted by atomic mass is 10.2. The molecule has 1 N–H and O–H groups in total. The van der Waals surface area contributed by atoms with Gasteiger partial charge >= 0.3 is 6.09 Å². The summed E-state index contributed by atoms with van der Waals surface area (Å²) in [5, 5.41) is 2.60. The van der Waals surface area contributed by atoms with E-state index in [9.17, 15) is 9.59 Å². The van der Waals surface area contributed by atoms with Crippen molar-refractivity contribution in [2.24, 2.45) is 0 Å². The van der Waals surface area contributed by atoms with E-state index in [4.69, 9.17) is 16.3 Å². The fourth-order valence-electron chi connectivity index (χ4n) is 1.22. The lowest BCUT2D eigenvalue weighted by Gasteiger charge is -2.06. The van der Waals surface area contributed by atoms with Gasteiger partial charge in [-0.25, -0.2) is 4.79 Å². The van der Waals surface area contributed by atoms with Crippen LogP contribution in [-0.2, 0) is 16.1 Å². The number of ketones is 1. The molecule has 0 aliphatic rings. The van der Waals surface area contributed by atoms with Gasteiger partial charge in [0.05, 0.1) is 6.54 Å². The summed E-state index contributed by atoms with van der Waals surface area (Å²) >= 11 is 5.47. The van der Waals surface area contributed by atoms with Crippen molar-refractivity contribution in [2.45, 2.75) is 13.0 Å². The van der Waals surface area contributed by atoms with E-state index in [1.807, 2.05) is 30.3 Å². The molecular weight excluding hydrogens is 254 g/mol. The highest BCUT2D eigenvalue weighted by molar-refractivity contribution is 6.30. The first-order valence-corrected chi connectivity index (χ1v) is 5.75. The summed E-state index contributed by atoms with van der Waals surface area (Å²) in [6.07, 6.45) is -0.590. The van der Waals surface area contributed by atoms with E-state index in [-0.39, 0.29) is 30.4 Å². The molecule has 0 bridgehead atoms. The summed E-state index contributed by atoms with van der Waals surface area (Å²) in [5.41, 5.74) is 0.883.